The molecule has 4 rings (SSSR count). The van der Waals surface area contributed by atoms with E-state index in [2.05, 4.69) is 11.4 Å². The third-order valence-corrected chi connectivity index (χ3v) is 4.64. The van der Waals surface area contributed by atoms with E-state index in [1.54, 1.807) is 18.2 Å². The van der Waals surface area contributed by atoms with Crippen LogP contribution in [0.3, 0.4) is 0 Å². The molecule has 0 aromatic heterocycles. The minimum absolute atomic E-state index is 0.249. The van der Waals surface area contributed by atoms with Gasteiger partial charge in [-0.3, -0.25) is 0 Å². The first-order valence-electron chi connectivity index (χ1n) is 8.49. The highest BCUT2D eigenvalue weighted by Crippen LogP contribution is 2.38. The molecular formula is C23H19NO2. The average Bonchev–Trinajstić information content (AvgIpc) is 2.68. The number of fused-ring (bicyclic) bond motifs is 1. The van der Waals surface area contributed by atoms with E-state index < -0.39 is 0 Å². The Balaban J connectivity index is 1.87. The van der Waals surface area contributed by atoms with E-state index in [-0.39, 0.29) is 11.5 Å². The standard InChI is InChI=1S/C23H19NO2/c1-24-19-9-5-15(6-10-19)23-21-11-7-17(13-18(21)8-12-22(23)26)16-3-2-4-20(25)14-16/h2-14,24-26H,1H3. The van der Waals surface area contributed by atoms with Crippen molar-refractivity contribution in [2.45, 2.75) is 0 Å². The van der Waals surface area contributed by atoms with Crippen LogP contribution in [0.15, 0.2) is 78.9 Å². The van der Waals surface area contributed by atoms with Crippen molar-refractivity contribution in [2.75, 3.05) is 12.4 Å². The van der Waals surface area contributed by atoms with E-state index in [9.17, 15) is 10.2 Å². The molecule has 0 fully saturated rings. The fourth-order valence-corrected chi connectivity index (χ4v) is 3.29. The molecule has 0 spiro atoms. The Hall–Kier alpha value is -3.46. The van der Waals surface area contributed by atoms with E-state index in [4.69, 9.17) is 0 Å². The molecule has 0 aliphatic carbocycles. The van der Waals surface area contributed by atoms with Gasteiger partial charge in [0.25, 0.3) is 0 Å². The van der Waals surface area contributed by atoms with Gasteiger partial charge in [0, 0.05) is 18.3 Å². The maximum absolute atomic E-state index is 10.5. The molecule has 3 heteroatoms. The molecule has 0 unspecified atom stereocenters. The van der Waals surface area contributed by atoms with Crippen molar-refractivity contribution >= 4 is 16.5 Å². The van der Waals surface area contributed by atoms with Gasteiger partial charge in [0.15, 0.2) is 0 Å². The van der Waals surface area contributed by atoms with Crippen molar-refractivity contribution in [1.82, 2.24) is 0 Å². The number of hydrogen-bond donors (Lipinski definition) is 3. The van der Waals surface area contributed by atoms with Gasteiger partial charge >= 0.3 is 0 Å². The normalized spacial score (nSPS) is 10.8. The Labute approximate surface area is 152 Å². The molecule has 0 bridgehead atoms. The van der Waals surface area contributed by atoms with Crippen LogP contribution in [0.25, 0.3) is 33.0 Å². The van der Waals surface area contributed by atoms with Crippen molar-refractivity contribution in [2.24, 2.45) is 0 Å². The van der Waals surface area contributed by atoms with Crippen LogP contribution in [-0.4, -0.2) is 17.3 Å². The molecule has 0 amide bonds. The summed E-state index contributed by atoms with van der Waals surface area (Å²) in [6.07, 6.45) is 0. The molecule has 4 aromatic carbocycles. The Kier molecular flexibility index (Phi) is 3.98. The third kappa shape index (κ3) is 2.84. The number of benzene rings is 4. The molecule has 0 heterocycles. The Morgan fingerprint density at radius 3 is 2.15 bits per heavy atom. The van der Waals surface area contributed by atoms with Crippen LogP contribution < -0.4 is 5.32 Å². The van der Waals surface area contributed by atoms with Crippen LogP contribution in [0.2, 0.25) is 0 Å². The fourth-order valence-electron chi connectivity index (χ4n) is 3.29. The molecule has 3 nitrogen and oxygen atoms in total. The molecule has 3 N–H and O–H groups in total. The summed E-state index contributed by atoms with van der Waals surface area (Å²) in [5, 5.41) is 25.3. The topological polar surface area (TPSA) is 52.5 Å². The van der Waals surface area contributed by atoms with Crippen LogP contribution in [-0.2, 0) is 0 Å². The summed E-state index contributed by atoms with van der Waals surface area (Å²) in [6, 6.07) is 25.0. The van der Waals surface area contributed by atoms with E-state index in [0.29, 0.717) is 0 Å². The van der Waals surface area contributed by atoms with Crippen LogP contribution in [0.5, 0.6) is 11.5 Å². The SMILES string of the molecule is CNc1ccc(-c2c(O)ccc3cc(-c4cccc(O)c4)ccc23)cc1. The van der Waals surface area contributed by atoms with Crippen molar-refractivity contribution < 1.29 is 10.2 Å². The van der Waals surface area contributed by atoms with Crippen molar-refractivity contribution in [1.29, 1.82) is 0 Å². The first-order chi connectivity index (χ1) is 12.7. The highest BCUT2D eigenvalue weighted by atomic mass is 16.3. The minimum atomic E-state index is 0.249. The lowest BCUT2D eigenvalue weighted by molar-refractivity contribution is 0.475. The summed E-state index contributed by atoms with van der Waals surface area (Å²) >= 11 is 0. The zero-order valence-corrected chi connectivity index (χ0v) is 14.4. The quantitative estimate of drug-likeness (QED) is 0.453. The maximum Gasteiger partial charge on any atom is 0.124 e. The summed E-state index contributed by atoms with van der Waals surface area (Å²) in [6.45, 7) is 0. The first-order valence-corrected chi connectivity index (χ1v) is 8.49. The monoisotopic (exact) mass is 341 g/mol. The van der Waals surface area contributed by atoms with Crippen LogP contribution in [0, 0.1) is 0 Å². The molecule has 128 valence electrons. The molecule has 0 saturated heterocycles. The van der Waals surface area contributed by atoms with Crippen LogP contribution in [0.1, 0.15) is 0 Å². The summed E-state index contributed by atoms with van der Waals surface area (Å²) in [5.41, 5.74) is 4.81. The largest absolute Gasteiger partial charge is 0.508 e. The number of rotatable bonds is 3. The smallest absolute Gasteiger partial charge is 0.124 e. The molecule has 0 aliphatic heterocycles. The van der Waals surface area contributed by atoms with E-state index in [1.807, 2.05) is 61.6 Å². The van der Waals surface area contributed by atoms with E-state index >= 15 is 0 Å². The Bertz CT molecular complexity index is 1090. The molecule has 0 saturated carbocycles. The summed E-state index contributed by atoms with van der Waals surface area (Å²) in [7, 11) is 1.88. The predicted octanol–water partition coefficient (Wildman–Crippen LogP) is 5.63. The lowest BCUT2D eigenvalue weighted by atomic mass is 9.94. The number of phenols is 2. The fraction of sp³-hybridized carbons (Fsp3) is 0.0435. The highest BCUT2D eigenvalue weighted by molar-refractivity contribution is 6.01. The van der Waals surface area contributed by atoms with Crippen molar-refractivity contribution in [3.8, 4) is 33.8 Å². The second-order valence-corrected chi connectivity index (χ2v) is 6.27. The lowest BCUT2D eigenvalue weighted by Crippen LogP contribution is -1.88. The summed E-state index contributed by atoms with van der Waals surface area (Å²) in [4.78, 5) is 0. The third-order valence-electron chi connectivity index (χ3n) is 4.64. The number of aromatic hydroxyl groups is 2. The first kappa shape index (κ1) is 16.0. The molecule has 0 radical (unpaired) electrons. The molecular weight excluding hydrogens is 322 g/mol. The van der Waals surface area contributed by atoms with Gasteiger partial charge in [0.1, 0.15) is 11.5 Å². The van der Waals surface area contributed by atoms with Gasteiger partial charge in [0.2, 0.25) is 0 Å². The minimum Gasteiger partial charge on any atom is -0.508 e. The van der Waals surface area contributed by atoms with Gasteiger partial charge < -0.3 is 15.5 Å². The molecule has 4 aromatic rings. The van der Waals surface area contributed by atoms with Gasteiger partial charge in [-0.15, -0.1) is 0 Å². The average molecular weight is 341 g/mol. The Morgan fingerprint density at radius 1 is 0.692 bits per heavy atom. The lowest BCUT2D eigenvalue weighted by Gasteiger charge is -2.12. The zero-order valence-electron chi connectivity index (χ0n) is 14.4. The highest BCUT2D eigenvalue weighted by Gasteiger charge is 2.11. The van der Waals surface area contributed by atoms with Gasteiger partial charge in [-0.1, -0.05) is 42.5 Å². The summed E-state index contributed by atoms with van der Waals surface area (Å²) in [5.74, 6) is 0.512. The second kappa shape index (κ2) is 6.45. The molecule has 0 atom stereocenters. The van der Waals surface area contributed by atoms with Crippen molar-refractivity contribution in [3.05, 3.63) is 78.9 Å². The van der Waals surface area contributed by atoms with Gasteiger partial charge in [-0.05, 0) is 63.9 Å². The number of hydrogen-bond acceptors (Lipinski definition) is 3. The molecule has 0 aliphatic rings. The van der Waals surface area contributed by atoms with E-state index in [1.165, 1.54) is 0 Å². The number of phenolic OH excluding ortho intramolecular Hbond substituents is 2. The van der Waals surface area contributed by atoms with Crippen LogP contribution >= 0.6 is 0 Å². The van der Waals surface area contributed by atoms with E-state index in [0.717, 1.165) is 38.7 Å². The van der Waals surface area contributed by atoms with Gasteiger partial charge in [0.05, 0.1) is 0 Å². The van der Waals surface area contributed by atoms with Gasteiger partial charge in [-0.2, -0.15) is 0 Å². The zero-order chi connectivity index (χ0) is 18.1. The summed E-state index contributed by atoms with van der Waals surface area (Å²) < 4.78 is 0. The number of anilines is 1. The molecule has 26 heavy (non-hydrogen) atoms. The number of nitrogens with one attached hydrogen (secondary N) is 1. The van der Waals surface area contributed by atoms with Crippen LogP contribution in [0.4, 0.5) is 5.69 Å². The second-order valence-electron chi connectivity index (χ2n) is 6.27. The Morgan fingerprint density at radius 2 is 1.42 bits per heavy atom. The predicted molar refractivity (Wildman–Crippen MR) is 108 cm³/mol. The van der Waals surface area contributed by atoms with Gasteiger partial charge in [-0.25, -0.2) is 0 Å². The maximum atomic E-state index is 10.5. The van der Waals surface area contributed by atoms with Crippen molar-refractivity contribution in [3.63, 3.8) is 0 Å².